The Morgan fingerprint density at radius 1 is 1.64 bits per heavy atom. The average molecular weight is 235 g/mol. The van der Waals surface area contributed by atoms with Crippen molar-refractivity contribution >= 4 is 33.4 Å². The minimum absolute atomic E-state index is 0.223. The van der Waals surface area contributed by atoms with Crippen LogP contribution in [0.25, 0.3) is 0 Å². The molecule has 58 valence electrons. The first-order chi connectivity index (χ1) is 5.13. The highest BCUT2D eigenvalue weighted by Gasteiger charge is 2.08. The van der Waals surface area contributed by atoms with E-state index in [9.17, 15) is 4.79 Å². The van der Waals surface area contributed by atoms with Gasteiger partial charge in [-0.2, -0.15) is 0 Å². The van der Waals surface area contributed by atoms with Crippen molar-refractivity contribution in [2.75, 3.05) is 0 Å². The molecule has 1 rings (SSSR count). The second-order valence-corrected chi connectivity index (χ2v) is 3.08. The van der Waals surface area contributed by atoms with Crippen LogP contribution in [0.5, 0.6) is 0 Å². The average Bonchev–Trinajstić information content (AvgIpc) is 1.94. The monoisotopic (exact) mass is 234 g/mol. The molecule has 0 bridgehead atoms. The first-order valence-corrected chi connectivity index (χ1v) is 3.89. The van der Waals surface area contributed by atoms with Gasteiger partial charge in [0.25, 0.3) is 5.91 Å². The first-order valence-electron chi connectivity index (χ1n) is 2.71. The van der Waals surface area contributed by atoms with Crippen LogP contribution in [-0.4, -0.2) is 10.9 Å². The molecule has 1 aromatic heterocycles. The van der Waals surface area contributed by atoms with Gasteiger partial charge < -0.3 is 5.73 Å². The maximum absolute atomic E-state index is 10.7. The number of rotatable bonds is 1. The number of aromatic nitrogens is 1. The van der Waals surface area contributed by atoms with Gasteiger partial charge in [0.2, 0.25) is 0 Å². The van der Waals surface area contributed by atoms with E-state index >= 15 is 0 Å². The molecule has 5 heteroatoms. The van der Waals surface area contributed by atoms with Crippen LogP contribution < -0.4 is 5.73 Å². The third-order valence-electron chi connectivity index (χ3n) is 1.10. The molecule has 0 saturated carbocycles. The summed E-state index contributed by atoms with van der Waals surface area (Å²) in [5.74, 6) is -0.580. The van der Waals surface area contributed by atoms with Crippen LogP contribution in [0.2, 0.25) is 5.02 Å². The Hall–Kier alpha value is -0.610. The quantitative estimate of drug-likeness (QED) is 0.804. The highest BCUT2D eigenvalue weighted by Crippen LogP contribution is 2.23. The van der Waals surface area contributed by atoms with E-state index in [1.165, 1.54) is 12.4 Å². The predicted molar refractivity (Wildman–Crippen MR) is 45.5 cm³/mol. The van der Waals surface area contributed by atoms with Gasteiger partial charge in [-0.25, -0.2) is 0 Å². The van der Waals surface area contributed by atoms with Crippen molar-refractivity contribution in [3.63, 3.8) is 0 Å². The van der Waals surface area contributed by atoms with Crippen LogP contribution in [0.15, 0.2) is 16.9 Å². The number of halogens is 2. The molecule has 0 aliphatic rings. The van der Waals surface area contributed by atoms with Crippen molar-refractivity contribution in [3.05, 3.63) is 27.5 Å². The van der Waals surface area contributed by atoms with Gasteiger partial charge in [-0.1, -0.05) is 11.6 Å². The Balaban J connectivity index is 3.27. The van der Waals surface area contributed by atoms with Gasteiger partial charge in [0.15, 0.2) is 0 Å². The summed E-state index contributed by atoms with van der Waals surface area (Å²) in [6.45, 7) is 0. The zero-order valence-electron chi connectivity index (χ0n) is 5.34. The van der Waals surface area contributed by atoms with E-state index in [1.54, 1.807) is 0 Å². The fraction of sp³-hybridized carbons (Fsp3) is 0. The number of carbonyl (C=O) groups excluding carboxylic acids is 1. The molecule has 0 fully saturated rings. The highest BCUT2D eigenvalue weighted by atomic mass is 79.9. The number of hydrogen-bond acceptors (Lipinski definition) is 2. The van der Waals surface area contributed by atoms with Gasteiger partial charge in [0, 0.05) is 12.4 Å². The maximum Gasteiger partial charge on any atom is 0.251 e. The molecule has 2 N–H and O–H groups in total. The predicted octanol–water partition coefficient (Wildman–Crippen LogP) is 1.60. The SMILES string of the molecule is NC(=O)c1cncc(Br)c1Cl. The zero-order valence-corrected chi connectivity index (χ0v) is 7.69. The third-order valence-corrected chi connectivity index (χ3v) is 2.34. The summed E-state index contributed by atoms with van der Waals surface area (Å²) < 4.78 is 0.565. The Labute approximate surface area is 76.7 Å². The Bertz CT molecular complexity index is 303. The van der Waals surface area contributed by atoms with E-state index < -0.39 is 5.91 Å². The lowest BCUT2D eigenvalue weighted by Crippen LogP contribution is -2.11. The molecule has 1 aromatic rings. The van der Waals surface area contributed by atoms with Crippen LogP contribution in [-0.2, 0) is 0 Å². The van der Waals surface area contributed by atoms with Gasteiger partial charge in [-0.3, -0.25) is 9.78 Å². The fourth-order valence-corrected chi connectivity index (χ4v) is 1.11. The normalized spacial score (nSPS) is 9.64. The van der Waals surface area contributed by atoms with Crippen LogP contribution >= 0.6 is 27.5 Å². The number of pyridine rings is 1. The van der Waals surface area contributed by atoms with Crippen molar-refractivity contribution in [1.29, 1.82) is 0 Å². The second kappa shape index (κ2) is 3.19. The number of carbonyl (C=O) groups is 1. The smallest absolute Gasteiger partial charge is 0.251 e. The molecule has 11 heavy (non-hydrogen) atoms. The molecule has 0 aromatic carbocycles. The number of primary amides is 1. The summed E-state index contributed by atoms with van der Waals surface area (Å²) in [5.41, 5.74) is 5.22. The summed E-state index contributed by atoms with van der Waals surface area (Å²) in [4.78, 5) is 14.4. The summed E-state index contributed by atoms with van der Waals surface area (Å²) in [6, 6.07) is 0. The van der Waals surface area contributed by atoms with Gasteiger partial charge >= 0.3 is 0 Å². The van der Waals surface area contributed by atoms with E-state index in [0.29, 0.717) is 9.50 Å². The van der Waals surface area contributed by atoms with Gasteiger partial charge in [-0.15, -0.1) is 0 Å². The zero-order chi connectivity index (χ0) is 8.43. The molecule has 0 atom stereocenters. The van der Waals surface area contributed by atoms with Gasteiger partial charge in [0.1, 0.15) is 0 Å². The molecule has 0 radical (unpaired) electrons. The van der Waals surface area contributed by atoms with Crippen molar-refractivity contribution in [1.82, 2.24) is 4.98 Å². The van der Waals surface area contributed by atoms with Crippen LogP contribution in [0.3, 0.4) is 0 Å². The molecular formula is C6H4BrClN2O. The Morgan fingerprint density at radius 3 is 2.73 bits per heavy atom. The summed E-state index contributed by atoms with van der Waals surface area (Å²) in [7, 11) is 0. The lowest BCUT2D eigenvalue weighted by Gasteiger charge is -1.98. The minimum Gasteiger partial charge on any atom is -0.366 e. The van der Waals surface area contributed by atoms with Gasteiger partial charge in [0.05, 0.1) is 15.1 Å². The molecule has 0 aliphatic heterocycles. The van der Waals surface area contributed by atoms with E-state index in [2.05, 4.69) is 20.9 Å². The molecule has 1 heterocycles. The molecule has 0 saturated heterocycles. The Kier molecular flexibility index (Phi) is 2.46. The van der Waals surface area contributed by atoms with E-state index in [-0.39, 0.29) is 5.56 Å². The standard InChI is InChI=1S/C6H4BrClN2O/c7-4-2-10-1-3(5(4)8)6(9)11/h1-2H,(H2,9,11). The molecule has 0 spiro atoms. The second-order valence-electron chi connectivity index (χ2n) is 1.85. The molecular weight excluding hydrogens is 231 g/mol. The highest BCUT2D eigenvalue weighted by molar-refractivity contribution is 9.10. The summed E-state index contributed by atoms with van der Waals surface area (Å²) >= 11 is 8.81. The van der Waals surface area contributed by atoms with Crippen molar-refractivity contribution in [3.8, 4) is 0 Å². The summed E-state index contributed by atoms with van der Waals surface area (Å²) in [5, 5.41) is 0.299. The topological polar surface area (TPSA) is 56.0 Å². The molecule has 0 aliphatic carbocycles. The van der Waals surface area contributed by atoms with Crippen molar-refractivity contribution < 1.29 is 4.79 Å². The first kappa shape index (κ1) is 8.49. The lowest BCUT2D eigenvalue weighted by molar-refractivity contribution is 0.1000. The van der Waals surface area contributed by atoms with Crippen LogP contribution in [0, 0.1) is 0 Å². The molecule has 0 unspecified atom stereocenters. The molecule has 3 nitrogen and oxygen atoms in total. The number of nitrogens with zero attached hydrogens (tertiary/aromatic N) is 1. The summed E-state index contributed by atoms with van der Waals surface area (Å²) in [6.07, 6.45) is 2.82. The van der Waals surface area contributed by atoms with Crippen LogP contribution in [0.4, 0.5) is 0 Å². The fourth-order valence-electron chi connectivity index (χ4n) is 0.591. The van der Waals surface area contributed by atoms with Crippen molar-refractivity contribution in [2.24, 2.45) is 5.73 Å². The van der Waals surface area contributed by atoms with E-state index in [1.807, 2.05) is 0 Å². The molecule has 1 amide bonds. The van der Waals surface area contributed by atoms with E-state index in [4.69, 9.17) is 17.3 Å². The number of hydrogen-bond donors (Lipinski definition) is 1. The Morgan fingerprint density at radius 2 is 2.27 bits per heavy atom. The number of nitrogens with two attached hydrogens (primary N) is 1. The van der Waals surface area contributed by atoms with E-state index in [0.717, 1.165) is 0 Å². The number of amides is 1. The largest absolute Gasteiger partial charge is 0.366 e. The third kappa shape index (κ3) is 1.70. The van der Waals surface area contributed by atoms with Crippen LogP contribution in [0.1, 0.15) is 10.4 Å². The van der Waals surface area contributed by atoms with Gasteiger partial charge in [-0.05, 0) is 15.9 Å². The van der Waals surface area contributed by atoms with Crippen molar-refractivity contribution in [2.45, 2.75) is 0 Å². The lowest BCUT2D eigenvalue weighted by atomic mass is 10.3. The minimum atomic E-state index is -0.580. The maximum atomic E-state index is 10.7.